The highest BCUT2D eigenvalue weighted by Crippen LogP contribution is 2.51. The molecule has 1 fully saturated rings. The number of nitrogens with one attached hydrogen (secondary N) is 1. The van der Waals surface area contributed by atoms with Gasteiger partial charge in [-0.05, 0) is 59.3 Å². The van der Waals surface area contributed by atoms with Crippen LogP contribution >= 0.6 is 0 Å². The lowest BCUT2D eigenvalue weighted by atomic mass is 10.1. The summed E-state index contributed by atoms with van der Waals surface area (Å²) >= 11 is 0. The SMILES string of the molecule is CC1(C)CC1C(=O)N/C(=C/CCCCCO)C(=O)O.CN(C)CCN(C)C. The van der Waals surface area contributed by atoms with E-state index in [9.17, 15) is 9.59 Å². The van der Waals surface area contributed by atoms with E-state index < -0.39 is 5.97 Å². The van der Waals surface area contributed by atoms with Crippen molar-refractivity contribution in [3.05, 3.63) is 11.8 Å². The van der Waals surface area contributed by atoms with Gasteiger partial charge in [-0.15, -0.1) is 0 Å². The Hall–Kier alpha value is -1.44. The summed E-state index contributed by atoms with van der Waals surface area (Å²) in [5.74, 6) is -1.38. The van der Waals surface area contributed by atoms with Crippen LogP contribution in [0.4, 0.5) is 0 Å². The lowest BCUT2D eigenvalue weighted by Gasteiger charge is -2.13. The van der Waals surface area contributed by atoms with Gasteiger partial charge in [0.15, 0.2) is 0 Å². The minimum absolute atomic E-state index is 0.00514. The van der Waals surface area contributed by atoms with Crippen molar-refractivity contribution in [1.29, 1.82) is 0 Å². The van der Waals surface area contributed by atoms with E-state index in [1.54, 1.807) is 6.08 Å². The Labute approximate surface area is 164 Å². The quantitative estimate of drug-likeness (QED) is 0.371. The molecule has 1 aliphatic carbocycles. The molecular weight excluding hydrogens is 346 g/mol. The largest absolute Gasteiger partial charge is 0.477 e. The molecule has 0 spiro atoms. The summed E-state index contributed by atoms with van der Waals surface area (Å²) in [5, 5.41) is 20.2. The Bertz CT molecular complexity index is 480. The Kier molecular flexibility index (Phi) is 12.2. The number of nitrogens with zero attached hydrogens (tertiary/aromatic N) is 2. The number of aliphatic hydroxyl groups is 1. The molecule has 0 aromatic heterocycles. The summed E-state index contributed by atoms with van der Waals surface area (Å²) in [6.45, 7) is 6.44. The van der Waals surface area contributed by atoms with Crippen LogP contribution < -0.4 is 5.32 Å². The Balaban J connectivity index is 0.000000713. The molecule has 1 unspecified atom stereocenters. The second kappa shape index (κ2) is 12.9. The number of rotatable bonds is 11. The lowest BCUT2D eigenvalue weighted by molar-refractivity contribution is -0.135. The van der Waals surface area contributed by atoms with Crippen LogP contribution in [-0.4, -0.2) is 79.8 Å². The van der Waals surface area contributed by atoms with E-state index in [1.165, 1.54) is 0 Å². The molecule has 1 amide bonds. The number of allylic oxidation sites excluding steroid dienone is 1. The fourth-order valence-corrected chi connectivity index (χ4v) is 2.41. The zero-order chi connectivity index (χ0) is 21.0. The van der Waals surface area contributed by atoms with Crippen LogP contribution in [0, 0.1) is 11.3 Å². The van der Waals surface area contributed by atoms with Crippen molar-refractivity contribution in [2.45, 2.75) is 46.0 Å². The molecule has 1 atom stereocenters. The second-order valence-corrected chi connectivity index (χ2v) is 8.34. The number of likely N-dealkylation sites (N-methyl/N-ethyl adjacent to an activating group) is 2. The Morgan fingerprint density at radius 3 is 1.96 bits per heavy atom. The lowest BCUT2D eigenvalue weighted by Crippen LogP contribution is -2.29. The predicted molar refractivity (Wildman–Crippen MR) is 108 cm³/mol. The van der Waals surface area contributed by atoms with E-state index in [0.717, 1.165) is 38.8 Å². The highest BCUT2D eigenvalue weighted by molar-refractivity contribution is 5.94. The number of amides is 1. The number of hydrogen-bond donors (Lipinski definition) is 3. The van der Waals surface area contributed by atoms with Gasteiger partial charge in [0.2, 0.25) is 5.91 Å². The zero-order valence-electron chi connectivity index (χ0n) is 17.9. The second-order valence-electron chi connectivity index (χ2n) is 8.34. The first-order valence-electron chi connectivity index (χ1n) is 9.66. The van der Waals surface area contributed by atoms with Crippen molar-refractivity contribution >= 4 is 11.9 Å². The van der Waals surface area contributed by atoms with E-state index in [1.807, 2.05) is 13.8 Å². The number of carbonyl (C=O) groups is 2. The van der Waals surface area contributed by atoms with Crippen LogP contribution in [0.3, 0.4) is 0 Å². The first kappa shape index (κ1) is 25.6. The fraction of sp³-hybridized carbons (Fsp3) is 0.800. The van der Waals surface area contributed by atoms with Crippen LogP contribution in [0.15, 0.2) is 11.8 Å². The third-order valence-corrected chi connectivity index (χ3v) is 4.52. The topological polar surface area (TPSA) is 93.1 Å². The van der Waals surface area contributed by atoms with Crippen molar-refractivity contribution in [1.82, 2.24) is 15.1 Å². The predicted octanol–water partition coefficient (Wildman–Crippen LogP) is 1.78. The molecule has 1 rings (SSSR count). The molecule has 0 aliphatic heterocycles. The molecule has 7 nitrogen and oxygen atoms in total. The van der Waals surface area contributed by atoms with Gasteiger partial charge in [0.25, 0.3) is 0 Å². The smallest absolute Gasteiger partial charge is 0.352 e. The number of aliphatic hydroxyl groups excluding tert-OH is 1. The van der Waals surface area contributed by atoms with Gasteiger partial charge in [-0.25, -0.2) is 4.79 Å². The summed E-state index contributed by atoms with van der Waals surface area (Å²) in [6, 6.07) is 0. The van der Waals surface area contributed by atoms with Crippen molar-refractivity contribution in [2.75, 3.05) is 47.9 Å². The third kappa shape index (κ3) is 12.5. The average Bonchev–Trinajstić information content (AvgIpc) is 3.20. The number of carbonyl (C=O) groups excluding carboxylic acids is 1. The molecule has 3 N–H and O–H groups in total. The number of carboxylic acids is 1. The Morgan fingerprint density at radius 1 is 1.07 bits per heavy atom. The highest BCUT2D eigenvalue weighted by atomic mass is 16.4. The van der Waals surface area contributed by atoms with Crippen molar-refractivity contribution in [3.63, 3.8) is 0 Å². The van der Waals surface area contributed by atoms with Gasteiger partial charge in [0.1, 0.15) is 5.70 Å². The monoisotopic (exact) mass is 385 g/mol. The third-order valence-electron chi connectivity index (χ3n) is 4.52. The summed E-state index contributed by atoms with van der Waals surface area (Å²) in [4.78, 5) is 27.2. The van der Waals surface area contributed by atoms with Crippen molar-refractivity contribution < 1.29 is 19.8 Å². The molecule has 27 heavy (non-hydrogen) atoms. The van der Waals surface area contributed by atoms with Gasteiger partial charge < -0.3 is 25.3 Å². The molecule has 158 valence electrons. The molecule has 0 aromatic carbocycles. The molecule has 0 aromatic rings. The van der Waals surface area contributed by atoms with E-state index in [4.69, 9.17) is 10.2 Å². The number of hydrogen-bond acceptors (Lipinski definition) is 5. The van der Waals surface area contributed by atoms with E-state index in [-0.39, 0.29) is 29.5 Å². The maximum Gasteiger partial charge on any atom is 0.352 e. The molecular formula is C20H39N3O4. The summed E-state index contributed by atoms with van der Waals surface area (Å²) < 4.78 is 0. The number of unbranched alkanes of at least 4 members (excludes halogenated alkanes) is 3. The van der Waals surface area contributed by atoms with Gasteiger partial charge >= 0.3 is 5.97 Å². The number of aliphatic carboxylic acids is 1. The summed E-state index contributed by atoms with van der Waals surface area (Å²) in [5.41, 5.74) is -0.0360. The van der Waals surface area contributed by atoms with Gasteiger partial charge in [-0.3, -0.25) is 4.79 Å². The average molecular weight is 386 g/mol. The molecule has 0 saturated heterocycles. The maximum absolute atomic E-state index is 11.8. The van der Waals surface area contributed by atoms with Crippen molar-refractivity contribution in [3.8, 4) is 0 Å². The summed E-state index contributed by atoms with van der Waals surface area (Å²) in [6.07, 6.45) is 5.33. The molecule has 7 heteroatoms. The van der Waals surface area contributed by atoms with Crippen LogP contribution in [0.25, 0.3) is 0 Å². The van der Waals surface area contributed by atoms with Crippen LogP contribution in [0.1, 0.15) is 46.0 Å². The Morgan fingerprint density at radius 2 is 1.59 bits per heavy atom. The minimum Gasteiger partial charge on any atom is -0.477 e. The van der Waals surface area contributed by atoms with E-state index in [0.29, 0.717) is 6.42 Å². The fourth-order valence-electron chi connectivity index (χ4n) is 2.41. The molecule has 0 heterocycles. The van der Waals surface area contributed by atoms with Crippen molar-refractivity contribution in [2.24, 2.45) is 11.3 Å². The number of carboxylic acid groups (broad SMARTS) is 1. The molecule has 1 saturated carbocycles. The highest BCUT2D eigenvalue weighted by Gasteiger charge is 2.50. The molecule has 0 bridgehead atoms. The normalized spacial score (nSPS) is 18.1. The standard InChI is InChI=1S/C14H23NO4.C6H16N2/c1-14(2)9-10(14)12(17)15-11(13(18)19)7-5-3-4-6-8-16;1-7(2)5-6-8(3)4/h7,10,16H,3-6,8-9H2,1-2H3,(H,15,17)(H,18,19);5-6H2,1-4H3/b11-7+;. The van der Waals surface area contributed by atoms with Gasteiger partial charge in [-0.1, -0.05) is 26.3 Å². The zero-order valence-corrected chi connectivity index (χ0v) is 17.9. The van der Waals surface area contributed by atoms with E-state index >= 15 is 0 Å². The van der Waals surface area contributed by atoms with Gasteiger partial charge in [-0.2, -0.15) is 0 Å². The van der Waals surface area contributed by atoms with Gasteiger partial charge in [0, 0.05) is 25.6 Å². The maximum atomic E-state index is 11.8. The van der Waals surface area contributed by atoms with E-state index in [2.05, 4.69) is 43.3 Å². The van der Waals surface area contributed by atoms with Crippen LogP contribution in [-0.2, 0) is 9.59 Å². The van der Waals surface area contributed by atoms with Gasteiger partial charge in [0.05, 0.1) is 0 Å². The minimum atomic E-state index is -1.10. The first-order chi connectivity index (χ1) is 12.5. The molecule has 0 radical (unpaired) electrons. The van der Waals surface area contributed by atoms with Crippen LogP contribution in [0.2, 0.25) is 0 Å². The summed E-state index contributed by atoms with van der Waals surface area (Å²) in [7, 11) is 8.35. The molecule has 1 aliphatic rings. The van der Waals surface area contributed by atoms with Crippen LogP contribution in [0.5, 0.6) is 0 Å². The first-order valence-corrected chi connectivity index (χ1v) is 9.66.